The minimum atomic E-state index is -0.913. The Kier molecular flexibility index (Phi) is 3.16. The van der Waals surface area contributed by atoms with Crippen molar-refractivity contribution in [1.29, 1.82) is 0 Å². The third-order valence-corrected chi connectivity index (χ3v) is 2.98. The topological polar surface area (TPSA) is 63.3 Å². The van der Waals surface area contributed by atoms with Gasteiger partial charge in [-0.25, -0.2) is 4.79 Å². The molecule has 0 aromatic heterocycles. The van der Waals surface area contributed by atoms with Crippen molar-refractivity contribution in [2.75, 3.05) is 5.73 Å². The number of hydrogen-bond acceptors (Lipinski definition) is 2. The highest BCUT2D eigenvalue weighted by Crippen LogP contribution is 2.22. The molecule has 64 valence electrons. The van der Waals surface area contributed by atoms with Crippen LogP contribution >= 0.6 is 45.2 Å². The number of aromatic carboxylic acids is 1. The van der Waals surface area contributed by atoms with Gasteiger partial charge in [0.15, 0.2) is 0 Å². The number of anilines is 1. The molecule has 0 bridgehead atoms. The Morgan fingerprint density at radius 3 is 2.08 bits per heavy atom. The molecule has 5 heteroatoms. The Morgan fingerprint density at radius 2 is 1.75 bits per heavy atom. The molecule has 0 unspecified atom stereocenters. The normalized spacial score (nSPS) is 9.83. The van der Waals surface area contributed by atoms with E-state index in [2.05, 4.69) is 0 Å². The SMILES string of the molecule is Nc1cc(I)c(C(=O)O)c(I)c1. The molecule has 0 radical (unpaired) electrons. The summed E-state index contributed by atoms with van der Waals surface area (Å²) in [4.78, 5) is 10.7. The first kappa shape index (κ1) is 10.0. The van der Waals surface area contributed by atoms with Gasteiger partial charge in [0.1, 0.15) is 0 Å². The third-order valence-electron chi connectivity index (χ3n) is 1.28. The number of carboxylic acid groups (broad SMARTS) is 1. The van der Waals surface area contributed by atoms with Crippen molar-refractivity contribution in [3.8, 4) is 0 Å². The molecule has 0 amide bonds. The second-order valence-corrected chi connectivity index (χ2v) is 4.49. The zero-order chi connectivity index (χ0) is 9.30. The van der Waals surface area contributed by atoms with Crippen LogP contribution in [0.3, 0.4) is 0 Å². The molecule has 1 aromatic rings. The number of nitrogen functional groups attached to an aromatic ring is 1. The smallest absolute Gasteiger partial charge is 0.337 e. The van der Waals surface area contributed by atoms with Crippen LogP contribution in [0.25, 0.3) is 0 Å². The Labute approximate surface area is 96.6 Å². The predicted molar refractivity (Wildman–Crippen MR) is 63.2 cm³/mol. The van der Waals surface area contributed by atoms with Gasteiger partial charge in [0, 0.05) is 12.8 Å². The number of rotatable bonds is 1. The molecular formula is C7H5I2NO2. The Bertz CT molecular complexity index is 315. The minimum Gasteiger partial charge on any atom is -0.478 e. The average Bonchev–Trinajstić information content (AvgIpc) is 1.82. The Hall–Kier alpha value is -0.0500. The maximum atomic E-state index is 10.7. The van der Waals surface area contributed by atoms with E-state index in [0.717, 1.165) is 0 Å². The predicted octanol–water partition coefficient (Wildman–Crippen LogP) is 2.18. The van der Waals surface area contributed by atoms with Crippen LogP contribution in [0.2, 0.25) is 0 Å². The molecule has 3 N–H and O–H groups in total. The highest BCUT2D eigenvalue weighted by atomic mass is 127. The molecule has 0 aliphatic carbocycles. The molecule has 0 atom stereocenters. The van der Waals surface area contributed by atoms with Crippen LogP contribution in [-0.4, -0.2) is 11.1 Å². The van der Waals surface area contributed by atoms with Crippen LogP contribution in [-0.2, 0) is 0 Å². The Balaban J connectivity index is 3.38. The van der Waals surface area contributed by atoms with Crippen LogP contribution in [0.1, 0.15) is 10.4 Å². The van der Waals surface area contributed by atoms with Crippen LogP contribution in [0.15, 0.2) is 12.1 Å². The van der Waals surface area contributed by atoms with Gasteiger partial charge >= 0.3 is 5.97 Å². The van der Waals surface area contributed by atoms with Crippen molar-refractivity contribution in [3.63, 3.8) is 0 Å². The fraction of sp³-hybridized carbons (Fsp3) is 0. The molecule has 0 saturated heterocycles. The van der Waals surface area contributed by atoms with Gasteiger partial charge in [0.05, 0.1) is 5.56 Å². The molecule has 12 heavy (non-hydrogen) atoms. The number of hydrogen-bond donors (Lipinski definition) is 2. The van der Waals surface area contributed by atoms with Crippen molar-refractivity contribution in [1.82, 2.24) is 0 Å². The summed E-state index contributed by atoms with van der Waals surface area (Å²) in [6, 6.07) is 3.29. The molecule has 0 spiro atoms. The summed E-state index contributed by atoms with van der Waals surface area (Å²) in [5.41, 5.74) is 6.44. The second kappa shape index (κ2) is 3.77. The van der Waals surface area contributed by atoms with Gasteiger partial charge in [0.25, 0.3) is 0 Å². The van der Waals surface area contributed by atoms with E-state index >= 15 is 0 Å². The van der Waals surface area contributed by atoms with Gasteiger partial charge in [-0.3, -0.25) is 0 Å². The summed E-state index contributed by atoms with van der Waals surface area (Å²) in [5.74, 6) is -0.913. The minimum absolute atomic E-state index is 0.324. The molecule has 0 heterocycles. The molecule has 1 rings (SSSR count). The summed E-state index contributed by atoms with van der Waals surface area (Å²) in [6.07, 6.45) is 0. The van der Waals surface area contributed by atoms with E-state index < -0.39 is 5.97 Å². The number of nitrogens with two attached hydrogens (primary N) is 1. The van der Waals surface area contributed by atoms with Crippen molar-refractivity contribution in [3.05, 3.63) is 24.8 Å². The largest absolute Gasteiger partial charge is 0.478 e. The maximum absolute atomic E-state index is 10.7. The van der Waals surface area contributed by atoms with E-state index in [1.54, 1.807) is 12.1 Å². The third kappa shape index (κ3) is 2.00. The highest BCUT2D eigenvalue weighted by Gasteiger charge is 2.12. The first-order chi connectivity index (χ1) is 5.52. The van der Waals surface area contributed by atoms with Gasteiger partial charge in [-0.1, -0.05) is 0 Å². The van der Waals surface area contributed by atoms with E-state index in [4.69, 9.17) is 10.8 Å². The monoisotopic (exact) mass is 389 g/mol. The fourth-order valence-corrected chi connectivity index (χ4v) is 3.07. The summed E-state index contributed by atoms with van der Waals surface area (Å²) in [6.45, 7) is 0. The average molecular weight is 389 g/mol. The number of carbonyl (C=O) groups is 1. The first-order valence-electron chi connectivity index (χ1n) is 3.00. The van der Waals surface area contributed by atoms with E-state index in [0.29, 0.717) is 18.4 Å². The lowest BCUT2D eigenvalue weighted by atomic mass is 10.2. The zero-order valence-corrected chi connectivity index (χ0v) is 10.2. The summed E-state index contributed by atoms with van der Waals surface area (Å²) >= 11 is 3.92. The molecule has 0 aliphatic heterocycles. The van der Waals surface area contributed by atoms with Crippen molar-refractivity contribution in [2.45, 2.75) is 0 Å². The standard InChI is InChI=1S/C7H5I2NO2/c8-4-1-3(10)2-5(9)6(4)7(11)12/h1-2H,10H2,(H,11,12). The molecule has 0 saturated carbocycles. The molecule has 0 fully saturated rings. The van der Waals surface area contributed by atoms with Gasteiger partial charge in [-0.2, -0.15) is 0 Å². The summed E-state index contributed by atoms with van der Waals surface area (Å²) in [5, 5.41) is 8.79. The number of carboxylic acids is 1. The van der Waals surface area contributed by atoms with Crippen molar-refractivity contribution >= 4 is 56.8 Å². The van der Waals surface area contributed by atoms with E-state index in [1.165, 1.54) is 0 Å². The molecular weight excluding hydrogens is 384 g/mol. The van der Waals surface area contributed by atoms with Gasteiger partial charge < -0.3 is 10.8 Å². The Morgan fingerprint density at radius 1 is 1.33 bits per heavy atom. The lowest BCUT2D eigenvalue weighted by molar-refractivity contribution is 0.0694. The van der Waals surface area contributed by atoms with E-state index in [9.17, 15) is 4.79 Å². The second-order valence-electron chi connectivity index (χ2n) is 2.16. The summed E-state index contributed by atoms with van der Waals surface area (Å²) < 4.78 is 1.34. The van der Waals surface area contributed by atoms with Gasteiger partial charge in [0.2, 0.25) is 0 Å². The van der Waals surface area contributed by atoms with Crippen molar-refractivity contribution in [2.24, 2.45) is 0 Å². The first-order valence-corrected chi connectivity index (χ1v) is 5.16. The molecule has 3 nitrogen and oxygen atoms in total. The van der Waals surface area contributed by atoms with Crippen LogP contribution < -0.4 is 5.73 Å². The van der Waals surface area contributed by atoms with Gasteiger partial charge in [-0.05, 0) is 57.3 Å². The van der Waals surface area contributed by atoms with Crippen LogP contribution in [0.4, 0.5) is 5.69 Å². The lowest BCUT2D eigenvalue weighted by Gasteiger charge is -2.03. The molecule has 0 aliphatic rings. The van der Waals surface area contributed by atoms with E-state index in [1.807, 2.05) is 45.2 Å². The molecule has 1 aromatic carbocycles. The number of halogens is 2. The quantitative estimate of drug-likeness (QED) is 0.572. The maximum Gasteiger partial charge on any atom is 0.337 e. The van der Waals surface area contributed by atoms with Crippen LogP contribution in [0.5, 0.6) is 0 Å². The fourth-order valence-electron chi connectivity index (χ4n) is 0.797. The zero-order valence-electron chi connectivity index (χ0n) is 5.84. The highest BCUT2D eigenvalue weighted by molar-refractivity contribution is 14.1. The van der Waals surface area contributed by atoms with Crippen molar-refractivity contribution < 1.29 is 9.90 Å². The number of benzene rings is 1. The van der Waals surface area contributed by atoms with E-state index in [-0.39, 0.29) is 0 Å². The summed E-state index contributed by atoms with van der Waals surface area (Å²) in [7, 11) is 0. The van der Waals surface area contributed by atoms with Crippen LogP contribution in [0, 0.1) is 7.14 Å². The van der Waals surface area contributed by atoms with Gasteiger partial charge in [-0.15, -0.1) is 0 Å². The lowest BCUT2D eigenvalue weighted by Crippen LogP contribution is -2.04.